The van der Waals surface area contributed by atoms with Crippen LogP contribution in [0.25, 0.3) is 0 Å². The van der Waals surface area contributed by atoms with Gasteiger partial charge in [0, 0.05) is 18.6 Å². The molecule has 106 valence electrons. The van der Waals surface area contributed by atoms with E-state index in [1.165, 1.54) is 0 Å². The molecule has 20 heavy (non-hydrogen) atoms. The van der Waals surface area contributed by atoms with Crippen LogP contribution in [0.4, 0.5) is 0 Å². The van der Waals surface area contributed by atoms with Crippen LogP contribution in [-0.2, 0) is 17.8 Å². The van der Waals surface area contributed by atoms with Gasteiger partial charge in [0.25, 0.3) is 5.91 Å². The minimum atomic E-state index is -0.768. The molecule has 6 heteroatoms. The Balaban J connectivity index is 1.65. The molecule has 1 aromatic rings. The smallest absolute Gasteiger partial charge is 0.308 e. The van der Waals surface area contributed by atoms with Crippen molar-refractivity contribution in [3.05, 3.63) is 17.5 Å². The molecule has 0 aliphatic carbocycles. The van der Waals surface area contributed by atoms with Crippen molar-refractivity contribution in [1.29, 1.82) is 0 Å². The van der Waals surface area contributed by atoms with Crippen molar-refractivity contribution in [1.82, 2.24) is 14.7 Å². The van der Waals surface area contributed by atoms with E-state index in [4.69, 9.17) is 0 Å². The van der Waals surface area contributed by atoms with Gasteiger partial charge in [-0.3, -0.25) is 14.3 Å². The van der Waals surface area contributed by atoms with Gasteiger partial charge < -0.3 is 10.0 Å². The SMILES string of the molecule is O=C(O)[C@@H]1C[C@H]2CC[C@@H]1N2C(=O)c1cnn2c1CCC2. The summed E-state index contributed by atoms with van der Waals surface area (Å²) < 4.78 is 1.90. The number of carboxylic acids is 1. The number of carbonyl (C=O) groups excluding carboxylic acids is 1. The van der Waals surface area contributed by atoms with Crippen LogP contribution in [0.3, 0.4) is 0 Å². The van der Waals surface area contributed by atoms with Crippen LogP contribution in [0, 0.1) is 5.92 Å². The van der Waals surface area contributed by atoms with E-state index in [2.05, 4.69) is 5.10 Å². The number of rotatable bonds is 2. The lowest BCUT2D eigenvalue weighted by Gasteiger charge is -2.22. The summed E-state index contributed by atoms with van der Waals surface area (Å²) in [5, 5.41) is 13.5. The second-order valence-electron chi connectivity index (χ2n) is 6.02. The molecule has 3 atom stereocenters. The molecule has 4 rings (SSSR count). The molecule has 4 heterocycles. The van der Waals surface area contributed by atoms with Gasteiger partial charge in [-0.1, -0.05) is 0 Å². The van der Waals surface area contributed by atoms with Crippen LogP contribution >= 0.6 is 0 Å². The van der Waals surface area contributed by atoms with Crippen molar-refractivity contribution in [2.24, 2.45) is 5.92 Å². The number of amides is 1. The van der Waals surface area contributed by atoms with Gasteiger partial charge in [-0.25, -0.2) is 0 Å². The maximum atomic E-state index is 12.8. The van der Waals surface area contributed by atoms with Gasteiger partial charge in [0.2, 0.25) is 0 Å². The van der Waals surface area contributed by atoms with E-state index < -0.39 is 5.97 Å². The number of hydrogen-bond acceptors (Lipinski definition) is 3. The lowest BCUT2D eigenvalue weighted by Crippen LogP contribution is -2.38. The highest BCUT2D eigenvalue weighted by Gasteiger charge is 2.51. The molecule has 3 aliphatic heterocycles. The summed E-state index contributed by atoms with van der Waals surface area (Å²) in [5.41, 5.74) is 1.71. The molecule has 6 nitrogen and oxygen atoms in total. The molecule has 0 spiro atoms. The summed E-state index contributed by atoms with van der Waals surface area (Å²) in [6.45, 7) is 0.882. The molecular formula is C14H17N3O3. The fourth-order valence-corrected chi connectivity index (χ4v) is 4.15. The largest absolute Gasteiger partial charge is 0.481 e. The van der Waals surface area contributed by atoms with Crippen LogP contribution in [0.1, 0.15) is 41.7 Å². The first-order valence-electron chi connectivity index (χ1n) is 7.27. The van der Waals surface area contributed by atoms with Crippen molar-refractivity contribution in [2.45, 2.75) is 50.7 Å². The highest BCUT2D eigenvalue weighted by Crippen LogP contribution is 2.43. The molecule has 3 aliphatic rings. The van der Waals surface area contributed by atoms with Crippen LogP contribution < -0.4 is 0 Å². The molecule has 1 amide bonds. The van der Waals surface area contributed by atoms with Crippen LogP contribution in [-0.4, -0.2) is 43.7 Å². The predicted molar refractivity (Wildman–Crippen MR) is 69.3 cm³/mol. The molecule has 1 aromatic heterocycles. The number of aromatic nitrogens is 2. The topological polar surface area (TPSA) is 75.4 Å². The standard InChI is InChI=1S/C14H17N3O3/c18-13(10-7-15-16-5-1-2-11(10)16)17-8-3-4-12(17)9(6-8)14(19)20/h7-9,12H,1-6H2,(H,19,20)/t8-,9-,12+/m1/s1. The maximum Gasteiger partial charge on any atom is 0.308 e. The molecule has 1 N–H and O–H groups in total. The summed E-state index contributed by atoms with van der Waals surface area (Å²) >= 11 is 0. The minimum Gasteiger partial charge on any atom is -0.481 e. The first-order valence-corrected chi connectivity index (χ1v) is 7.27. The average Bonchev–Trinajstić information content (AvgIpc) is 3.16. The van der Waals surface area contributed by atoms with Gasteiger partial charge in [-0.2, -0.15) is 5.10 Å². The van der Waals surface area contributed by atoms with Crippen molar-refractivity contribution in [3.8, 4) is 0 Å². The number of hydrogen-bond donors (Lipinski definition) is 1. The molecular weight excluding hydrogens is 258 g/mol. The number of carboxylic acid groups (broad SMARTS) is 1. The zero-order valence-electron chi connectivity index (χ0n) is 11.2. The van der Waals surface area contributed by atoms with Crippen molar-refractivity contribution in [3.63, 3.8) is 0 Å². The summed E-state index contributed by atoms with van der Waals surface area (Å²) in [6.07, 6.45) is 5.95. The molecule has 2 fully saturated rings. The monoisotopic (exact) mass is 275 g/mol. The lowest BCUT2D eigenvalue weighted by molar-refractivity contribution is -0.142. The Morgan fingerprint density at radius 3 is 2.95 bits per heavy atom. The number of nitrogens with zero attached hydrogens (tertiary/aromatic N) is 3. The number of fused-ring (bicyclic) bond motifs is 3. The summed E-state index contributed by atoms with van der Waals surface area (Å²) in [4.78, 5) is 25.9. The molecule has 0 saturated carbocycles. The van der Waals surface area contributed by atoms with Crippen LogP contribution in [0.15, 0.2) is 6.20 Å². The first kappa shape index (κ1) is 11.9. The van der Waals surface area contributed by atoms with Gasteiger partial charge in [-0.05, 0) is 32.1 Å². The quantitative estimate of drug-likeness (QED) is 0.870. The van der Waals surface area contributed by atoms with Gasteiger partial charge in [0.1, 0.15) is 0 Å². The Hall–Kier alpha value is -1.85. The second-order valence-corrected chi connectivity index (χ2v) is 6.02. The molecule has 0 radical (unpaired) electrons. The summed E-state index contributed by atoms with van der Waals surface area (Å²) in [6, 6.07) is -0.0208. The Kier molecular flexibility index (Phi) is 2.43. The fraction of sp³-hybridized carbons (Fsp3) is 0.643. The van der Waals surface area contributed by atoms with Crippen molar-refractivity contribution < 1.29 is 14.7 Å². The average molecular weight is 275 g/mol. The molecule has 0 unspecified atom stereocenters. The zero-order valence-corrected chi connectivity index (χ0v) is 11.2. The third-order valence-corrected chi connectivity index (χ3v) is 5.05. The Labute approximate surface area is 116 Å². The fourth-order valence-electron chi connectivity index (χ4n) is 4.15. The van der Waals surface area contributed by atoms with Crippen molar-refractivity contribution >= 4 is 11.9 Å². The van der Waals surface area contributed by atoms with E-state index in [1.807, 2.05) is 9.58 Å². The van der Waals surface area contributed by atoms with E-state index >= 15 is 0 Å². The van der Waals surface area contributed by atoms with Crippen molar-refractivity contribution in [2.75, 3.05) is 0 Å². The molecule has 2 bridgehead atoms. The van der Waals surface area contributed by atoms with Crippen LogP contribution in [0.5, 0.6) is 0 Å². The maximum absolute atomic E-state index is 12.8. The van der Waals surface area contributed by atoms with Gasteiger partial charge in [-0.15, -0.1) is 0 Å². The Bertz CT molecular complexity index is 594. The van der Waals surface area contributed by atoms with E-state index in [-0.39, 0.29) is 23.9 Å². The Morgan fingerprint density at radius 1 is 1.35 bits per heavy atom. The number of aliphatic carboxylic acids is 1. The number of carbonyl (C=O) groups is 2. The van der Waals surface area contributed by atoms with Gasteiger partial charge in [0.05, 0.1) is 23.4 Å². The third-order valence-electron chi connectivity index (χ3n) is 5.05. The highest BCUT2D eigenvalue weighted by atomic mass is 16.4. The lowest BCUT2D eigenvalue weighted by atomic mass is 9.89. The Morgan fingerprint density at radius 2 is 2.20 bits per heavy atom. The summed E-state index contributed by atoms with van der Waals surface area (Å²) in [5.74, 6) is -1.17. The predicted octanol–water partition coefficient (Wildman–Crippen LogP) is 0.907. The van der Waals surface area contributed by atoms with Gasteiger partial charge in [0.15, 0.2) is 0 Å². The first-order chi connectivity index (χ1) is 9.66. The van der Waals surface area contributed by atoms with E-state index in [1.54, 1.807) is 6.20 Å². The zero-order chi connectivity index (χ0) is 13.9. The summed E-state index contributed by atoms with van der Waals surface area (Å²) in [7, 11) is 0. The van der Waals surface area contributed by atoms with E-state index in [0.717, 1.165) is 37.9 Å². The normalized spacial score (nSPS) is 30.8. The molecule has 2 saturated heterocycles. The van der Waals surface area contributed by atoms with E-state index in [0.29, 0.717) is 12.0 Å². The third kappa shape index (κ3) is 1.47. The van der Waals surface area contributed by atoms with E-state index in [9.17, 15) is 14.7 Å². The second kappa shape index (κ2) is 4.07. The molecule has 0 aromatic carbocycles. The number of aryl methyl sites for hydroxylation is 1. The van der Waals surface area contributed by atoms with Crippen LogP contribution in [0.2, 0.25) is 0 Å². The highest BCUT2D eigenvalue weighted by molar-refractivity contribution is 5.96. The minimum absolute atomic E-state index is 0.00981. The van der Waals surface area contributed by atoms with Gasteiger partial charge >= 0.3 is 5.97 Å².